The van der Waals surface area contributed by atoms with Crippen molar-refractivity contribution in [3.05, 3.63) is 0 Å². The summed E-state index contributed by atoms with van der Waals surface area (Å²) in [6.45, 7) is 5.57. The predicted octanol–water partition coefficient (Wildman–Crippen LogP) is 2.18. The van der Waals surface area contributed by atoms with E-state index in [4.69, 9.17) is 0 Å². The molecule has 2 aliphatic carbocycles. The molecule has 2 aliphatic rings. The quantitative estimate of drug-likeness (QED) is 0.706. The molecule has 0 radical (unpaired) electrons. The van der Waals surface area contributed by atoms with Crippen LogP contribution in [0.3, 0.4) is 0 Å². The van der Waals surface area contributed by atoms with Gasteiger partial charge >= 0.3 is 0 Å². The summed E-state index contributed by atoms with van der Waals surface area (Å²) in [7, 11) is 0. The van der Waals surface area contributed by atoms with E-state index >= 15 is 0 Å². The standard InChI is InChI=1S/C14H20O3/c1-8-6-12(16)10-7-11(8)14(3,13(10)17)5-4-9(2)15/h8,10-11H,4-7H2,1-3H3/t8-,10+,11-,14-/m1/s1. The molecule has 0 aromatic rings. The van der Waals surface area contributed by atoms with Gasteiger partial charge in [0.25, 0.3) is 0 Å². The van der Waals surface area contributed by atoms with Gasteiger partial charge in [-0.15, -0.1) is 0 Å². The molecule has 0 unspecified atom stereocenters. The Labute approximate surface area is 102 Å². The van der Waals surface area contributed by atoms with E-state index in [1.54, 1.807) is 6.92 Å². The van der Waals surface area contributed by atoms with Gasteiger partial charge in [-0.3, -0.25) is 9.59 Å². The number of rotatable bonds is 3. The highest BCUT2D eigenvalue weighted by atomic mass is 16.2. The molecule has 2 fully saturated rings. The zero-order valence-corrected chi connectivity index (χ0v) is 10.8. The highest BCUT2D eigenvalue weighted by Gasteiger charge is 2.57. The first-order valence-corrected chi connectivity index (χ1v) is 6.42. The predicted molar refractivity (Wildman–Crippen MR) is 63.4 cm³/mol. The molecule has 3 heteroatoms. The Hall–Kier alpha value is -0.990. The van der Waals surface area contributed by atoms with Gasteiger partial charge in [0.05, 0.1) is 5.92 Å². The van der Waals surface area contributed by atoms with Crippen molar-refractivity contribution in [2.45, 2.75) is 46.5 Å². The Morgan fingerprint density at radius 3 is 2.65 bits per heavy atom. The lowest BCUT2D eigenvalue weighted by Gasteiger charge is -2.33. The van der Waals surface area contributed by atoms with Gasteiger partial charge in [-0.1, -0.05) is 13.8 Å². The van der Waals surface area contributed by atoms with Crippen molar-refractivity contribution < 1.29 is 14.4 Å². The van der Waals surface area contributed by atoms with Crippen molar-refractivity contribution in [3.63, 3.8) is 0 Å². The average molecular weight is 236 g/mol. The molecule has 2 rings (SSSR count). The van der Waals surface area contributed by atoms with Gasteiger partial charge in [-0.25, -0.2) is 0 Å². The molecule has 0 aliphatic heterocycles. The lowest BCUT2D eigenvalue weighted by Crippen LogP contribution is -2.32. The minimum Gasteiger partial charge on any atom is -0.300 e. The first-order valence-electron chi connectivity index (χ1n) is 6.42. The van der Waals surface area contributed by atoms with E-state index in [0.717, 1.165) is 0 Å². The molecule has 0 spiro atoms. The molecule has 0 amide bonds. The third-order valence-electron chi connectivity index (χ3n) is 4.78. The van der Waals surface area contributed by atoms with E-state index in [1.807, 2.05) is 6.92 Å². The van der Waals surface area contributed by atoms with Crippen LogP contribution in [-0.2, 0) is 14.4 Å². The molecule has 0 aromatic carbocycles. The fourth-order valence-corrected chi connectivity index (χ4v) is 3.69. The Morgan fingerprint density at radius 2 is 2.06 bits per heavy atom. The second kappa shape index (κ2) is 4.04. The van der Waals surface area contributed by atoms with Crippen molar-refractivity contribution in [2.75, 3.05) is 0 Å². The molecule has 2 saturated carbocycles. The number of hydrogen-bond acceptors (Lipinski definition) is 3. The van der Waals surface area contributed by atoms with Crippen molar-refractivity contribution in [3.8, 4) is 0 Å². The molecule has 0 N–H and O–H groups in total. The zero-order chi connectivity index (χ0) is 12.8. The zero-order valence-electron chi connectivity index (χ0n) is 10.8. The summed E-state index contributed by atoms with van der Waals surface area (Å²) in [5, 5.41) is 0. The summed E-state index contributed by atoms with van der Waals surface area (Å²) < 4.78 is 0. The second-order valence-electron chi connectivity index (χ2n) is 6.03. The normalized spacial score (nSPS) is 40.8. The number of carbonyl (C=O) groups is 3. The summed E-state index contributed by atoms with van der Waals surface area (Å²) in [6, 6.07) is 0. The topological polar surface area (TPSA) is 51.2 Å². The highest BCUT2D eigenvalue weighted by molar-refractivity contribution is 6.07. The maximum Gasteiger partial charge on any atom is 0.149 e. The van der Waals surface area contributed by atoms with Crippen LogP contribution < -0.4 is 0 Å². The van der Waals surface area contributed by atoms with E-state index in [9.17, 15) is 14.4 Å². The number of hydrogen-bond donors (Lipinski definition) is 0. The first-order chi connectivity index (χ1) is 7.86. The third-order valence-corrected chi connectivity index (χ3v) is 4.78. The van der Waals surface area contributed by atoms with E-state index in [1.165, 1.54) is 0 Å². The molecular weight excluding hydrogens is 216 g/mol. The van der Waals surface area contributed by atoms with E-state index in [-0.39, 0.29) is 35.1 Å². The SMILES string of the molecule is CC(=O)CC[C@@]1(C)C(=O)[C@H]2C[C@@H]1[C@H](C)CC2=O. The molecule has 2 bridgehead atoms. The van der Waals surface area contributed by atoms with Crippen molar-refractivity contribution in [1.82, 2.24) is 0 Å². The Balaban J connectivity index is 2.25. The number of Topliss-reactive ketones (excluding diaryl/α,β-unsaturated/α-hetero) is 3. The lowest BCUT2D eigenvalue weighted by molar-refractivity contribution is -0.134. The Morgan fingerprint density at radius 1 is 1.41 bits per heavy atom. The summed E-state index contributed by atoms with van der Waals surface area (Å²) >= 11 is 0. The first kappa shape index (κ1) is 12.5. The van der Waals surface area contributed by atoms with Crippen LogP contribution >= 0.6 is 0 Å². The molecule has 17 heavy (non-hydrogen) atoms. The highest BCUT2D eigenvalue weighted by Crippen LogP contribution is 2.54. The van der Waals surface area contributed by atoms with Crippen LogP contribution in [0.25, 0.3) is 0 Å². The van der Waals surface area contributed by atoms with Gasteiger partial charge in [0.2, 0.25) is 0 Å². The van der Waals surface area contributed by atoms with Gasteiger partial charge in [-0.2, -0.15) is 0 Å². The van der Waals surface area contributed by atoms with Crippen LogP contribution in [0.2, 0.25) is 0 Å². The molecule has 0 heterocycles. The summed E-state index contributed by atoms with van der Waals surface area (Å²) in [4.78, 5) is 35.3. The van der Waals surface area contributed by atoms with E-state index in [2.05, 4.69) is 6.92 Å². The van der Waals surface area contributed by atoms with Crippen LogP contribution in [0, 0.1) is 23.2 Å². The summed E-state index contributed by atoms with van der Waals surface area (Å²) in [5.74, 6) is 0.537. The molecular formula is C14H20O3. The Kier molecular flexibility index (Phi) is 2.96. The molecule has 3 nitrogen and oxygen atoms in total. The lowest BCUT2D eigenvalue weighted by atomic mass is 9.69. The minimum absolute atomic E-state index is 0.0955. The maximum absolute atomic E-state index is 12.3. The van der Waals surface area contributed by atoms with Crippen molar-refractivity contribution >= 4 is 17.3 Å². The van der Waals surface area contributed by atoms with Crippen LogP contribution in [0.5, 0.6) is 0 Å². The number of carbonyl (C=O) groups excluding carboxylic acids is 3. The number of fused-ring (bicyclic) bond motifs is 2. The van der Waals surface area contributed by atoms with E-state index in [0.29, 0.717) is 25.7 Å². The molecule has 94 valence electrons. The van der Waals surface area contributed by atoms with Gasteiger partial charge in [0, 0.05) is 18.3 Å². The maximum atomic E-state index is 12.3. The fourth-order valence-electron chi connectivity index (χ4n) is 3.69. The van der Waals surface area contributed by atoms with Gasteiger partial charge in [-0.05, 0) is 31.6 Å². The van der Waals surface area contributed by atoms with Crippen LogP contribution in [-0.4, -0.2) is 17.3 Å². The van der Waals surface area contributed by atoms with Crippen molar-refractivity contribution in [1.29, 1.82) is 0 Å². The van der Waals surface area contributed by atoms with Crippen LogP contribution in [0.15, 0.2) is 0 Å². The fraction of sp³-hybridized carbons (Fsp3) is 0.786. The molecule has 0 saturated heterocycles. The van der Waals surface area contributed by atoms with E-state index < -0.39 is 5.41 Å². The van der Waals surface area contributed by atoms with Gasteiger partial charge in [0.15, 0.2) is 0 Å². The minimum atomic E-state index is -0.443. The smallest absolute Gasteiger partial charge is 0.149 e. The monoisotopic (exact) mass is 236 g/mol. The molecule has 0 aromatic heterocycles. The summed E-state index contributed by atoms with van der Waals surface area (Å²) in [6.07, 6.45) is 2.32. The molecule has 4 atom stereocenters. The summed E-state index contributed by atoms with van der Waals surface area (Å²) in [5.41, 5.74) is -0.443. The van der Waals surface area contributed by atoms with Crippen LogP contribution in [0.4, 0.5) is 0 Å². The number of ketones is 3. The third kappa shape index (κ3) is 1.85. The van der Waals surface area contributed by atoms with Gasteiger partial charge < -0.3 is 4.79 Å². The second-order valence-corrected chi connectivity index (χ2v) is 6.03. The Bertz CT molecular complexity index is 385. The van der Waals surface area contributed by atoms with Gasteiger partial charge in [0.1, 0.15) is 17.3 Å². The van der Waals surface area contributed by atoms with Crippen LogP contribution in [0.1, 0.15) is 46.5 Å². The average Bonchev–Trinajstić information content (AvgIpc) is 2.47. The van der Waals surface area contributed by atoms with Crippen molar-refractivity contribution in [2.24, 2.45) is 23.2 Å². The largest absolute Gasteiger partial charge is 0.300 e.